The van der Waals surface area contributed by atoms with Gasteiger partial charge in [0.1, 0.15) is 17.4 Å². The molecule has 4 aromatic rings. The molecule has 7 rings (SSSR count). The van der Waals surface area contributed by atoms with Crippen LogP contribution < -0.4 is 26.0 Å². The average Bonchev–Trinajstić information content (AvgIpc) is 3.64. The summed E-state index contributed by atoms with van der Waals surface area (Å²) in [5.74, 6) is 0.452. The predicted octanol–water partition coefficient (Wildman–Crippen LogP) is 5.36. The number of imide groups is 1. The monoisotopic (exact) mass is 728 g/mol. The van der Waals surface area contributed by atoms with Gasteiger partial charge in [-0.3, -0.25) is 34.0 Å². The molecule has 1 unspecified atom stereocenters. The number of benzene rings is 2. The highest BCUT2D eigenvalue weighted by atomic mass is 16.6. The van der Waals surface area contributed by atoms with E-state index in [1.165, 1.54) is 0 Å². The van der Waals surface area contributed by atoms with Crippen LogP contribution in [0.15, 0.2) is 41.3 Å². The molecule has 0 radical (unpaired) electrons. The third kappa shape index (κ3) is 7.51. The van der Waals surface area contributed by atoms with Crippen LogP contribution in [-0.2, 0) is 21.4 Å². The highest BCUT2D eigenvalue weighted by molar-refractivity contribution is 6.00. The fraction of sp³-hybridized carbons (Fsp3) is 0.564. The van der Waals surface area contributed by atoms with Crippen LogP contribution in [0.3, 0.4) is 0 Å². The Balaban J connectivity index is 0.942. The summed E-state index contributed by atoms with van der Waals surface area (Å²) in [4.78, 5) is 55.3. The van der Waals surface area contributed by atoms with Crippen LogP contribution in [0.4, 0.5) is 16.2 Å². The van der Waals surface area contributed by atoms with Crippen molar-refractivity contribution in [1.29, 1.82) is 0 Å². The van der Waals surface area contributed by atoms with Gasteiger partial charge in [0.25, 0.3) is 0 Å². The van der Waals surface area contributed by atoms with E-state index >= 15 is 0 Å². The number of carbonyl (C=O) groups is 3. The number of nitrogens with one attached hydrogen (secondary N) is 2. The van der Waals surface area contributed by atoms with E-state index in [-0.39, 0.29) is 18.0 Å². The van der Waals surface area contributed by atoms with E-state index in [2.05, 4.69) is 44.4 Å². The van der Waals surface area contributed by atoms with E-state index < -0.39 is 23.6 Å². The summed E-state index contributed by atoms with van der Waals surface area (Å²) in [6, 6.07) is 9.79. The number of rotatable bonds is 8. The Morgan fingerprint density at radius 1 is 1.04 bits per heavy atom. The van der Waals surface area contributed by atoms with Crippen molar-refractivity contribution in [2.45, 2.75) is 95.9 Å². The summed E-state index contributed by atoms with van der Waals surface area (Å²) in [7, 11) is 5.60. The summed E-state index contributed by atoms with van der Waals surface area (Å²) < 4.78 is 16.3. The smallest absolute Gasteiger partial charge is 0.412 e. The van der Waals surface area contributed by atoms with Crippen molar-refractivity contribution in [3.05, 3.63) is 47.0 Å². The second kappa shape index (κ2) is 14.5. The molecule has 0 bridgehead atoms. The number of hydrogen-bond acceptors (Lipinski definition) is 9. The lowest BCUT2D eigenvalue weighted by atomic mass is 9.85. The molecule has 3 amide bonds. The van der Waals surface area contributed by atoms with Gasteiger partial charge in [0, 0.05) is 56.8 Å². The maximum Gasteiger partial charge on any atom is 0.412 e. The van der Waals surface area contributed by atoms with Crippen LogP contribution >= 0.6 is 0 Å². The number of fused-ring (bicyclic) bond motifs is 2. The molecule has 14 nitrogen and oxygen atoms in total. The number of para-hydroxylation sites is 1. The van der Waals surface area contributed by atoms with Crippen molar-refractivity contribution < 1.29 is 23.9 Å². The molecule has 1 aliphatic carbocycles. The molecule has 2 N–H and O–H groups in total. The molecule has 4 heterocycles. The standard InChI is InChI=1S/C39H52N8O6/c1-39(2,3)53-37(50)40-29-20-25-23-46(42-28(25)21-33(29)52-6)27-12-10-24(11-13-27)22-43(4)26-16-18-45(19-17-26)30-8-7-9-31-35(30)44(5)38(51)47(31)32-14-15-34(48)41-36(32)49/h7-9,20-21,23-24,26-27,32H,10-19,22H2,1-6H3,(H,40,50)(H,41,48,49)/t24-,27-,32?. The fourth-order valence-electron chi connectivity index (χ4n) is 8.54. The van der Waals surface area contributed by atoms with Gasteiger partial charge in [-0.1, -0.05) is 6.07 Å². The van der Waals surface area contributed by atoms with Crippen LogP contribution in [0.2, 0.25) is 0 Å². The number of aromatic nitrogens is 4. The zero-order chi connectivity index (χ0) is 37.6. The molecular formula is C39H52N8O6. The molecule has 53 heavy (non-hydrogen) atoms. The molecule has 14 heteroatoms. The maximum atomic E-state index is 13.4. The molecular weight excluding hydrogens is 676 g/mol. The molecule has 1 saturated carbocycles. The van der Waals surface area contributed by atoms with Gasteiger partial charge in [0.05, 0.1) is 41.1 Å². The Hall–Kier alpha value is -4.85. The Labute approximate surface area is 309 Å². The van der Waals surface area contributed by atoms with E-state index in [1.54, 1.807) is 23.3 Å². The van der Waals surface area contributed by atoms with Crippen LogP contribution in [0.5, 0.6) is 5.75 Å². The first-order valence-electron chi connectivity index (χ1n) is 18.9. The third-order valence-corrected chi connectivity index (χ3v) is 11.2. The largest absolute Gasteiger partial charge is 0.494 e. The number of imidazole rings is 1. The highest BCUT2D eigenvalue weighted by Crippen LogP contribution is 2.37. The Bertz CT molecular complexity index is 2080. The maximum absolute atomic E-state index is 13.4. The number of aryl methyl sites for hydroxylation is 1. The first-order chi connectivity index (χ1) is 25.3. The average molecular weight is 729 g/mol. The van der Waals surface area contributed by atoms with Gasteiger partial charge in [-0.15, -0.1) is 0 Å². The molecule has 2 saturated heterocycles. The van der Waals surface area contributed by atoms with Crippen LogP contribution in [0, 0.1) is 5.92 Å². The van der Waals surface area contributed by atoms with E-state index in [0.717, 1.165) is 85.8 Å². The predicted molar refractivity (Wildman–Crippen MR) is 204 cm³/mol. The minimum atomic E-state index is -0.695. The first kappa shape index (κ1) is 36.5. The lowest BCUT2D eigenvalue weighted by Crippen LogP contribution is -2.45. The minimum absolute atomic E-state index is 0.220. The van der Waals surface area contributed by atoms with Crippen molar-refractivity contribution in [3.8, 4) is 5.75 Å². The number of methoxy groups -OCH3 is 1. The molecule has 1 atom stereocenters. The highest BCUT2D eigenvalue weighted by Gasteiger charge is 2.33. The summed E-state index contributed by atoms with van der Waals surface area (Å²) in [5.41, 5.74) is 3.10. The fourth-order valence-corrected chi connectivity index (χ4v) is 8.54. The van der Waals surface area contributed by atoms with Crippen molar-refractivity contribution in [2.75, 3.05) is 44.0 Å². The summed E-state index contributed by atoms with van der Waals surface area (Å²) in [6.45, 7) is 8.32. The number of nitrogens with zero attached hydrogens (tertiary/aromatic N) is 6. The van der Waals surface area contributed by atoms with E-state index in [1.807, 2.05) is 45.0 Å². The normalized spacial score (nSPS) is 21.7. The van der Waals surface area contributed by atoms with Crippen LogP contribution in [-0.4, -0.2) is 87.2 Å². The van der Waals surface area contributed by atoms with Crippen LogP contribution in [0.25, 0.3) is 21.9 Å². The number of ether oxygens (including phenoxy) is 2. The van der Waals surface area contributed by atoms with E-state index in [4.69, 9.17) is 14.6 Å². The van der Waals surface area contributed by atoms with Gasteiger partial charge in [-0.2, -0.15) is 5.10 Å². The molecule has 2 aromatic heterocycles. The van der Waals surface area contributed by atoms with Gasteiger partial charge in [0.15, 0.2) is 0 Å². The topological polar surface area (TPSA) is 145 Å². The zero-order valence-corrected chi connectivity index (χ0v) is 31.7. The molecule has 2 aromatic carbocycles. The summed E-state index contributed by atoms with van der Waals surface area (Å²) >= 11 is 0. The van der Waals surface area contributed by atoms with E-state index in [0.29, 0.717) is 35.9 Å². The third-order valence-electron chi connectivity index (χ3n) is 11.2. The lowest BCUT2D eigenvalue weighted by molar-refractivity contribution is -0.135. The zero-order valence-electron chi connectivity index (χ0n) is 31.7. The second-order valence-corrected chi connectivity index (χ2v) is 16.0. The molecule has 284 valence electrons. The molecule has 0 spiro atoms. The number of piperidine rings is 2. The van der Waals surface area contributed by atoms with Gasteiger partial charge in [-0.25, -0.2) is 9.59 Å². The quantitative estimate of drug-likeness (QED) is 0.229. The van der Waals surface area contributed by atoms with Crippen molar-refractivity contribution >= 4 is 51.2 Å². The summed E-state index contributed by atoms with van der Waals surface area (Å²) in [5, 5.41) is 11.1. The SMILES string of the molecule is COc1cc2nn([C@H]3CC[C@H](CN(C)C4CCN(c5cccc6c5n(C)c(=O)n6C5CCC(=O)NC5=O)CC4)CC3)cc2cc1NC(=O)OC(C)(C)C. The Morgan fingerprint density at radius 2 is 1.77 bits per heavy atom. The second-order valence-electron chi connectivity index (χ2n) is 16.0. The summed E-state index contributed by atoms with van der Waals surface area (Å²) in [6.07, 6.45) is 8.54. The van der Waals surface area contributed by atoms with E-state index in [9.17, 15) is 19.2 Å². The van der Waals surface area contributed by atoms with Crippen molar-refractivity contribution in [2.24, 2.45) is 13.0 Å². The van der Waals surface area contributed by atoms with Gasteiger partial charge < -0.3 is 19.3 Å². The number of carbonyl (C=O) groups excluding carboxylic acids is 3. The number of anilines is 2. The first-order valence-corrected chi connectivity index (χ1v) is 18.9. The molecule has 2 aliphatic heterocycles. The van der Waals surface area contributed by atoms with Gasteiger partial charge in [0.2, 0.25) is 11.8 Å². The number of hydrogen-bond donors (Lipinski definition) is 2. The van der Waals surface area contributed by atoms with Crippen molar-refractivity contribution in [1.82, 2.24) is 29.1 Å². The molecule has 3 aliphatic rings. The molecule has 3 fully saturated rings. The number of amides is 3. The van der Waals surface area contributed by atoms with Gasteiger partial charge in [-0.05, 0) is 96.9 Å². The lowest BCUT2D eigenvalue weighted by Gasteiger charge is -2.40. The Kier molecular flexibility index (Phi) is 10.0. The van der Waals surface area contributed by atoms with Gasteiger partial charge >= 0.3 is 11.8 Å². The minimum Gasteiger partial charge on any atom is -0.494 e. The van der Waals surface area contributed by atoms with Crippen LogP contribution in [0.1, 0.15) is 84.2 Å². The van der Waals surface area contributed by atoms with Crippen molar-refractivity contribution in [3.63, 3.8) is 0 Å². The Morgan fingerprint density at radius 3 is 2.45 bits per heavy atom.